The number of fused-ring (bicyclic) bond motifs is 1. The molecule has 33 heavy (non-hydrogen) atoms. The fourth-order valence-electron chi connectivity index (χ4n) is 4.78. The van der Waals surface area contributed by atoms with Gasteiger partial charge in [0.2, 0.25) is 5.91 Å². The normalized spacial score (nSPS) is 14.5. The van der Waals surface area contributed by atoms with Crippen LogP contribution >= 0.6 is 11.6 Å². The van der Waals surface area contributed by atoms with E-state index in [-0.39, 0.29) is 11.8 Å². The Labute approximate surface area is 201 Å². The Morgan fingerprint density at radius 1 is 1.15 bits per heavy atom. The van der Waals surface area contributed by atoms with Crippen LogP contribution in [0.5, 0.6) is 5.75 Å². The fraction of sp³-hybridized carbons (Fsp3) is 0.481. The molecule has 1 amide bonds. The van der Waals surface area contributed by atoms with Gasteiger partial charge in [-0.3, -0.25) is 4.79 Å². The highest BCUT2D eigenvalue weighted by molar-refractivity contribution is 6.32. The molecule has 0 saturated heterocycles. The van der Waals surface area contributed by atoms with Crippen molar-refractivity contribution in [3.63, 3.8) is 0 Å². The van der Waals surface area contributed by atoms with E-state index in [2.05, 4.69) is 16.0 Å². The number of hydrogen-bond donors (Lipinski definition) is 1. The van der Waals surface area contributed by atoms with Crippen LogP contribution in [0.3, 0.4) is 0 Å². The Morgan fingerprint density at radius 3 is 2.64 bits per heavy atom. The fourth-order valence-corrected chi connectivity index (χ4v) is 4.89. The van der Waals surface area contributed by atoms with E-state index in [1.165, 1.54) is 19.3 Å². The average molecular weight is 468 g/mol. The van der Waals surface area contributed by atoms with Crippen molar-refractivity contribution >= 4 is 28.5 Å². The molecule has 0 radical (unpaired) electrons. The summed E-state index contributed by atoms with van der Waals surface area (Å²) in [4.78, 5) is 17.3. The van der Waals surface area contributed by atoms with Crippen molar-refractivity contribution in [2.75, 3.05) is 13.2 Å². The highest BCUT2D eigenvalue weighted by atomic mass is 35.5. The molecule has 2 aromatic carbocycles. The number of nitrogens with zero attached hydrogens (tertiary/aromatic N) is 2. The van der Waals surface area contributed by atoms with Crippen molar-refractivity contribution in [3.8, 4) is 5.75 Å². The zero-order valence-electron chi connectivity index (χ0n) is 19.7. The molecule has 3 aromatic rings. The highest BCUT2D eigenvalue weighted by Crippen LogP contribution is 2.26. The van der Waals surface area contributed by atoms with Crippen LogP contribution in [0.25, 0.3) is 11.0 Å². The first-order valence-electron chi connectivity index (χ1n) is 12.1. The zero-order chi connectivity index (χ0) is 23.2. The van der Waals surface area contributed by atoms with E-state index < -0.39 is 0 Å². The van der Waals surface area contributed by atoms with Crippen molar-refractivity contribution in [1.29, 1.82) is 0 Å². The van der Waals surface area contributed by atoms with Crippen LogP contribution < -0.4 is 10.1 Å². The van der Waals surface area contributed by atoms with Crippen LogP contribution in [0.2, 0.25) is 5.02 Å². The number of aryl methyl sites for hydroxylation is 3. The molecule has 0 bridgehead atoms. The van der Waals surface area contributed by atoms with Gasteiger partial charge in [-0.25, -0.2) is 4.98 Å². The largest absolute Gasteiger partial charge is 0.492 e. The van der Waals surface area contributed by atoms with Crippen LogP contribution in [0.15, 0.2) is 36.4 Å². The minimum atomic E-state index is 0.209. The molecular formula is C27H34ClN3O2. The van der Waals surface area contributed by atoms with Crippen molar-refractivity contribution < 1.29 is 9.53 Å². The molecule has 176 valence electrons. The van der Waals surface area contributed by atoms with Gasteiger partial charge in [-0.1, -0.05) is 43.0 Å². The standard InChI is InChI=1S/C27H34ClN3O2/c1-19-17-22(18-20(2)26(19)28)33-16-15-31-24-12-7-6-11-23(24)30-25(31)13-8-14-29-27(32)21-9-4-3-5-10-21/h6-7,11-12,17-18,21H,3-5,8-10,13-16H2,1-2H3,(H,29,32). The lowest BCUT2D eigenvalue weighted by Crippen LogP contribution is -2.32. The third kappa shape index (κ3) is 5.89. The molecule has 1 saturated carbocycles. The van der Waals surface area contributed by atoms with Crippen LogP contribution in [-0.4, -0.2) is 28.6 Å². The number of rotatable bonds is 9. The second kappa shape index (κ2) is 11.1. The number of imidazole rings is 1. The van der Waals surface area contributed by atoms with E-state index in [0.29, 0.717) is 19.7 Å². The maximum Gasteiger partial charge on any atom is 0.223 e. The number of carbonyl (C=O) groups excluding carboxylic acids is 1. The summed E-state index contributed by atoms with van der Waals surface area (Å²) in [5.74, 6) is 2.31. The molecule has 0 atom stereocenters. The first-order chi connectivity index (χ1) is 16.0. The Hall–Kier alpha value is -2.53. The first-order valence-corrected chi connectivity index (χ1v) is 12.5. The molecular weight excluding hydrogens is 434 g/mol. The summed E-state index contributed by atoms with van der Waals surface area (Å²) in [5, 5.41) is 3.94. The Kier molecular flexibility index (Phi) is 7.92. The molecule has 1 aliphatic carbocycles. The molecule has 1 N–H and O–H groups in total. The number of amides is 1. The van der Waals surface area contributed by atoms with E-state index in [0.717, 1.165) is 64.4 Å². The van der Waals surface area contributed by atoms with Crippen molar-refractivity contribution in [1.82, 2.24) is 14.9 Å². The molecule has 1 heterocycles. The number of ether oxygens (including phenoxy) is 1. The number of para-hydroxylation sites is 2. The van der Waals surface area contributed by atoms with Crippen LogP contribution in [0.1, 0.15) is 55.5 Å². The van der Waals surface area contributed by atoms with Crippen LogP contribution in [0, 0.1) is 19.8 Å². The van der Waals surface area contributed by atoms with E-state index in [1.807, 2.05) is 44.2 Å². The quantitative estimate of drug-likeness (QED) is 0.392. The molecule has 0 aliphatic heterocycles. The van der Waals surface area contributed by atoms with E-state index >= 15 is 0 Å². The second-order valence-electron chi connectivity index (χ2n) is 9.12. The third-order valence-electron chi connectivity index (χ3n) is 6.58. The van der Waals surface area contributed by atoms with Gasteiger partial charge in [0.25, 0.3) is 0 Å². The molecule has 1 aliphatic rings. The van der Waals surface area contributed by atoms with Crippen molar-refractivity contribution in [2.45, 2.75) is 65.3 Å². The summed E-state index contributed by atoms with van der Waals surface area (Å²) < 4.78 is 8.30. The third-order valence-corrected chi connectivity index (χ3v) is 7.18. The van der Waals surface area contributed by atoms with Gasteiger partial charge in [0.05, 0.1) is 17.6 Å². The number of halogens is 1. The molecule has 1 fully saturated rings. The van der Waals surface area contributed by atoms with Crippen LogP contribution in [0.4, 0.5) is 0 Å². The smallest absolute Gasteiger partial charge is 0.223 e. The summed E-state index contributed by atoms with van der Waals surface area (Å²) in [5.41, 5.74) is 4.16. The lowest BCUT2D eigenvalue weighted by molar-refractivity contribution is -0.125. The Morgan fingerprint density at radius 2 is 1.88 bits per heavy atom. The maximum atomic E-state index is 12.4. The SMILES string of the molecule is Cc1cc(OCCn2c(CCCNC(=O)C3CCCCC3)nc3ccccc32)cc(C)c1Cl. The number of carbonyl (C=O) groups is 1. The molecule has 6 heteroatoms. The van der Waals surface area contributed by atoms with Gasteiger partial charge < -0.3 is 14.6 Å². The minimum Gasteiger partial charge on any atom is -0.492 e. The summed E-state index contributed by atoms with van der Waals surface area (Å²) in [6.45, 7) is 5.95. The Balaban J connectivity index is 1.35. The van der Waals surface area contributed by atoms with Gasteiger partial charge in [-0.2, -0.15) is 0 Å². The van der Waals surface area contributed by atoms with E-state index in [4.69, 9.17) is 21.3 Å². The molecule has 4 rings (SSSR count). The van der Waals surface area contributed by atoms with Crippen molar-refractivity contribution in [2.24, 2.45) is 5.92 Å². The topological polar surface area (TPSA) is 56.1 Å². The number of nitrogens with one attached hydrogen (secondary N) is 1. The van der Waals surface area contributed by atoms with E-state index in [9.17, 15) is 4.79 Å². The van der Waals surface area contributed by atoms with Gasteiger partial charge in [0.15, 0.2) is 0 Å². The van der Waals surface area contributed by atoms with Gasteiger partial charge in [0, 0.05) is 23.9 Å². The molecule has 0 unspecified atom stereocenters. The molecule has 1 aromatic heterocycles. The molecule has 5 nitrogen and oxygen atoms in total. The lowest BCUT2D eigenvalue weighted by atomic mass is 9.89. The van der Waals surface area contributed by atoms with Crippen LogP contribution in [-0.2, 0) is 17.8 Å². The van der Waals surface area contributed by atoms with Crippen molar-refractivity contribution in [3.05, 3.63) is 58.4 Å². The van der Waals surface area contributed by atoms with E-state index in [1.54, 1.807) is 0 Å². The van der Waals surface area contributed by atoms with Gasteiger partial charge in [0.1, 0.15) is 18.2 Å². The maximum absolute atomic E-state index is 12.4. The highest BCUT2D eigenvalue weighted by Gasteiger charge is 2.20. The lowest BCUT2D eigenvalue weighted by Gasteiger charge is -2.20. The summed E-state index contributed by atoms with van der Waals surface area (Å²) >= 11 is 6.28. The minimum absolute atomic E-state index is 0.209. The monoisotopic (exact) mass is 467 g/mol. The average Bonchev–Trinajstić information content (AvgIpc) is 3.18. The summed E-state index contributed by atoms with van der Waals surface area (Å²) in [6.07, 6.45) is 7.39. The number of aromatic nitrogens is 2. The number of hydrogen-bond acceptors (Lipinski definition) is 3. The predicted molar refractivity (Wildman–Crippen MR) is 134 cm³/mol. The van der Waals surface area contributed by atoms with Gasteiger partial charge >= 0.3 is 0 Å². The second-order valence-corrected chi connectivity index (χ2v) is 9.50. The number of benzene rings is 2. The zero-order valence-corrected chi connectivity index (χ0v) is 20.5. The molecule has 0 spiro atoms. The summed E-state index contributed by atoms with van der Waals surface area (Å²) in [7, 11) is 0. The summed E-state index contributed by atoms with van der Waals surface area (Å²) in [6, 6.07) is 12.2. The predicted octanol–water partition coefficient (Wildman–Crippen LogP) is 6.01. The van der Waals surface area contributed by atoms with Gasteiger partial charge in [-0.15, -0.1) is 0 Å². The van der Waals surface area contributed by atoms with Gasteiger partial charge in [-0.05, 0) is 68.5 Å². The first kappa shape index (κ1) is 23.6. The Bertz CT molecular complexity index is 1080.